The molecule has 2 heteroatoms. The van der Waals surface area contributed by atoms with Crippen molar-refractivity contribution in [3.05, 3.63) is 29.3 Å². The Labute approximate surface area is 78.8 Å². The van der Waals surface area contributed by atoms with Gasteiger partial charge in [0.1, 0.15) is 5.75 Å². The number of hydrogen-bond acceptors (Lipinski definition) is 2. The van der Waals surface area contributed by atoms with Gasteiger partial charge < -0.3 is 4.74 Å². The number of aryl methyl sites for hydroxylation is 1. The highest BCUT2D eigenvalue weighted by molar-refractivity contribution is 5.42. The number of nitrogens with zero attached hydrogens (tertiary/aromatic N) is 1. The van der Waals surface area contributed by atoms with Crippen molar-refractivity contribution in [1.29, 1.82) is 5.26 Å². The van der Waals surface area contributed by atoms with Crippen molar-refractivity contribution in [3.63, 3.8) is 0 Å². The summed E-state index contributed by atoms with van der Waals surface area (Å²) in [4.78, 5) is 0. The van der Waals surface area contributed by atoms with Crippen molar-refractivity contribution in [3.8, 4) is 11.8 Å². The minimum absolute atomic E-state index is 0.414. The monoisotopic (exact) mass is 175 g/mol. The molecule has 1 aromatic rings. The van der Waals surface area contributed by atoms with Gasteiger partial charge in [-0.3, -0.25) is 0 Å². The predicted octanol–water partition coefficient (Wildman–Crippen LogP) is 2.32. The van der Waals surface area contributed by atoms with E-state index in [1.54, 1.807) is 7.11 Å². The van der Waals surface area contributed by atoms with Gasteiger partial charge in [0.25, 0.3) is 0 Å². The molecule has 1 aromatic carbocycles. The van der Waals surface area contributed by atoms with Gasteiger partial charge in [-0.2, -0.15) is 5.26 Å². The minimum Gasteiger partial charge on any atom is -0.496 e. The summed E-state index contributed by atoms with van der Waals surface area (Å²) in [7, 11) is 1.65. The Kier molecular flexibility index (Phi) is 3.33. The molecule has 0 N–H and O–H groups in total. The van der Waals surface area contributed by atoms with Gasteiger partial charge in [0.15, 0.2) is 0 Å². The molecule has 0 aromatic heterocycles. The average Bonchev–Trinajstić information content (AvgIpc) is 2.18. The van der Waals surface area contributed by atoms with Crippen LogP contribution in [0, 0.1) is 11.3 Å². The van der Waals surface area contributed by atoms with E-state index in [-0.39, 0.29) is 0 Å². The highest BCUT2D eigenvalue weighted by Crippen LogP contribution is 2.24. The van der Waals surface area contributed by atoms with E-state index < -0.39 is 0 Å². The molecule has 0 aliphatic heterocycles. The highest BCUT2D eigenvalue weighted by atomic mass is 16.5. The van der Waals surface area contributed by atoms with Crippen LogP contribution in [0.3, 0.4) is 0 Å². The summed E-state index contributed by atoms with van der Waals surface area (Å²) in [5.41, 5.74) is 2.14. The van der Waals surface area contributed by atoms with Crippen LogP contribution in [-0.2, 0) is 12.8 Å². The molecule has 0 bridgehead atoms. The van der Waals surface area contributed by atoms with Gasteiger partial charge in [0.2, 0.25) is 0 Å². The van der Waals surface area contributed by atoms with Crippen molar-refractivity contribution >= 4 is 0 Å². The second kappa shape index (κ2) is 4.51. The van der Waals surface area contributed by atoms with Gasteiger partial charge in [-0.05, 0) is 12.0 Å². The standard InChI is InChI=1S/C11H13NO/c1-3-9-5-4-6-10(7-8-12)11(9)13-2/h4-6H,3,7H2,1-2H3. The first-order valence-corrected chi connectivity index (χ1v) is 4.35. The fourth-order valence-electron chi connectivity index (χ4n) is 1.40. The molecule has 13 heavy (non-hydrogen) atoms. The average molecular weight is 175 g/mol. The second-order valence-electron chi connectivity index (χ2n) is 2.80. The predicted molar refractivity (Wildman–Crippen MR) is 51.7 cm³/mol. The SMILES string of the molecule is CCc1cccc(CC#N)c1OC. The lowest BCUT2D eigenvalue weighted by Crippen LogP contribution is -1.95. The van der Waals surface area contributed by atoms with Crippen molar-refractivity contribution in [2.45, 2.75) is 19.8 Å². The third-order valence-corrected chi connectivity index (χ3v) is 2.03. The van der Waals surface area contributed by atoms with Crippen LogP contribution in [0.15, 0.2) is 18.2 Å². The van der Waals surface area contributed by atoms with Crippen LogP contribution in [0.5, 0.6) is 5.75 Å². The van der Waals surface area contributed by atoms with E-state index in [1.807, 2.05) is 18.2 Å². The number of benzene rings is 1. The first-order chi connectivity index (χ1) is 6.33. The third kappa shape index (κ3) is 2.00. The molecule has 0 fully saturated rings. The van der Waals surface area contributed by atoms with Gasteiger partial charge in [-0.1, -0.05) is 25.1 Å². The molecule has 0 saturated heterocycles. The summed E-state index contributed by atoms with van der Waals surface area (Å²) in [6.45, 7) is 2.08. The van der Waals surface area contributed by atoms with Crippen molar-refractivity contribution in [2.75, 3.05) is 7.11 Å². The minimum atomic E-state index is 0.414. The first-order valence-electron chi connectivity index (χ1n) is 4.35. The molecule has 2 nitrogen and oxygen atoms in total. The van der Waals surface area contributed by atoms with Crippen LogP contribution in [0.1, 0.15) is 18.1 Å². The Morgan fingerprint density at radius 3 is 2.62 bits per heavy atom. The zero-order valence-corrected chi connectivity index (χ0v) is 8.00. The Bertz CT molecular complexity index is 325. The molecule has 0 aliphatic rings. The highest BCUT2D eigenvalue weighted by Gasteiger charge is 2.05. The summed E-state index contributed by atoms with van der Waals surface area (Å²) in [6, 6.07) is 8.06. The summed E-state index contributed by atoms with van der Waals surface area (Å²) in [5.74, 6) is 0.867. The van der Waals surface area contributed by atoms with Crippen LogP contribution < -0.4 is 4.74 Å². The first kappa shape index (κ1) is 9.60. The third-order valence-electron chi connectivity index (χ3n) is 2.03. The Morgan fingerprint density at radius 1 is 1.38 bits per heavy atom. The smallest absolute Gasteiger partial charge is 0.126 e. The van der Waals surface area contributed by atoms with E-state index in [2.05, 4.69) is 13.0 Å². The van der Waals surface area contributed by atoms with E-state index in [4.69, 9.17) is 10.00 Å². The van der Waals surface area contributed by atoms with Gasteiger partial charge in [-0.15, -0.1) is 0 Å². The van der Waals surface area contributed by atoms with Gasteiger partial charge >= 0.3 is 0 Å². The second-order valence-corrected chi connectivity index (χ2v) is 2.80. The fourth-order valence-corrected chi connectivity index (χ4v) is 1.40. The molecule has 0 heterocycles. The van der Waals surface area contributed by atoms with Crippen molar-refractivity contribution in [2.24, 2.45) is 0 Å². The zero-order valence-electron chi connectivity index (χ0n) is 8.00. The number of rotatable bonds is 3. The summed E-state index contributed by atoms with van der Waals surface area (Å²) >= 11 is 0. The van der Waals surface area contributed by atoms with Gasteiger partial charge in [0, 0.05) is 5.56 Å². The van der Waals surface area contributed by atoms with Gasteiger partial charge in [-0.25, -0.2) is 0 Å². The molecule has 0 spiro atoms. The Hall–Kier alpha value is -1.49. The van der Waals surface area contributed by atoms with Crippen LogP contribution in [-0.4, -0.2) is 7.11 Å². The lowest BCUT2D eigenvalue weighted by molar-refractivity contribution is 0.406. The van der Waals surface area contributed by atoms with E-state index >= 15 is 0 Å². The van der Waals surface area contributed by atoms with Gasteiger partial charge in [0.05, 0.1) is 19.6 Å². The van der Waals surface area contributed by atoms with E-state index in [0.717, 1.165) is 23.3 Å². The number of nitriles is 1. The van der Waals surface area contributed by atoms with Crippen LogP contribution in [0.25, 0.3) is 0 Å². The molecule has 0 aliphatic carbocycles. The normalized spacial score (nSPS) is 9.31. The van der Waals surface area contributed by atoms with E-state index in [9.17, 15) is 0 Å². The summed E-state index contributed by atoms with van der Waals surface area (Å²) < 4.78 is 5.27. The number of methoxy groups -OCH3 is 1. The Morgan fingerprint density at radius 2 is 2.08 bits per heavy atom. The van der Waals surface area contributed by atoms with Crippen molar-refractivity contribution in [1.82, 2.24) is 0 Å². The summed E-state index contributed by atoms with van der Waals surface area (Å²) in [5, 5.41) is 8.60. The number of hydrogen-bond donors (Lipinski definition) is 0. The summed E-state index contributed by atoms with van der Waals surface area (Å²) in [6.07, 6.45) is 1.35. The molecule has 0 radical (unpaired) electrons. The zero-order chi connectivity index (χ0) is 9.68. The largest absolute Gasteiger partial charge is 0.496 e. The van der Waals surface area contributed by atoms with Crippen molar-refractivity contribution < 1.29 is 4.74 Å². The topological polar surface area (TPSA) is 33.0 Å². The maximum absolute atomic E-state index is 8.60. The molecular weight excluding hydrogens is 162 g/mol. The molecule has 0 amide bonds. The molecule has 68 valence electrons. The molecule has 0 unspecified atom stereocenters. The quantitative estimate of drug-likeness (QED) is 0.706. The number of para-hydroxylation sites is 1. The number of ether oxygens (including phenoxy) is 1. The maximum atomic E-state index is 8.60. The molecule has 0 saturated carbocycles. The maximum Gasteiger partial charge on any atom is 0.126 e. The van der Waals surface area contributed by atoms with Crippen LogP contribution >= 0.6 is 0 Å². The van der Waals surface area contributed by atoms with E-state index in [0.29, 0.717) is 6.42 Å². The molecular formula is C11H13NO. The lowest BCUT2D eigenvalue weighted by Gasteiger charge is -2.09. The Balaban J connectivity index is 3.12. The van der Waals surface area contributed by atoms with Crippen LogP contribution in [0.4, 0.5) is 0 Å². The fraction of sp³-hybridized carbons (Fsp3) is 0.364. The lowest BCUT2D eigenvalue weighted by atomic mass is 10.0. The van der Waals surface area contributed by atoms with E-state index in [1.165, 1.54) is 0 Å². The van der Waals surface area contributed by atoms with Crippen LogP contribution in [0.2, 0.25) is 0 Å². The molecule has 0 atom stereocenters. The molecule has 1 rings (SSSR count).